The van der Waals surface area contributed by atoms with Crippen LogP contribution in [0.2, 0.25) is 0 Å². The molecule has 0 saturated carbocycles. The van der Waals surface area contributed by atoms with Crippen molar-refractivity contribution in [2.24, 2.45) is 0 Å². The Kier molecular flexibility index (Phi) is 4.33. The Hall–Kier alpha value is -2.35. The molecule has 0 atom stereocenters. The summed E-state index contributed by atoms with van der Waals surface area (Å²) in [4.78, 5) is 12.9. The van der Waals surface area contributed by atoms with Gasteiger partial charge in [-0.15, -0.1) is 10.2 Å². The van der Waals surface area contributed by atoms with Crippen molar-refractivity contribution in [1.29, 1.82) is 0 Å². The molecule has 120 valence electrons. The molecule has 0 amide bonds. The molecule has 2 heterocycles. The maximum Gasteiger partial charge on any atom is 0.261 e. The highest BCUT2D eigenvalue weighted by Crippen LogP contribution is 2.25. The van der Waals surface area contributed by atoms with E-state index >= 15 is 0 Å². The second-order valence-electron chi connectivity index (χ2n) is 5.50. The van der Waals surface area contributed by atoms with Crippen molar-refractivity contribution in [3.05, 3.63) is 35.9 Å². The minimum atomic E-state index is 0.558. The quantitative estimate of drug-likeness (QED) is 0.663. The molecule has 8 heteroatoms. The van der Waals surface area contributed by atoms with Crippen molar-refractivity contribution in [1.82, 2.24) is 24.6 Å². The highest BCUT2D eigenvalue weighted by atomic mass is 32.2. The standard InChI is InChI=1S/C15H19N7S/c1-20(2)12-16-13-18-19-15(22(13)14(17-12)21(3)4)23-10-11-8-6-5-7-9-11/h5-9H,10H2,1-4H3. The van der Waals surface area contributed by atoms with Gasteiger partial charge >= 0.3 is 0 Å². The Balaban J connectivity index is 1.98. The number of aromatic nitrogens is 5. The fourth-order valence-corrected chi connectivity index (χ4v) is 2.96. The lowest BCUT2D eigenvalue weighted by atomic mass is 10.2. The molecule has 3 aromatic rings. The Bertz CT molecular complexity index is 798. The lowest BCUT2D eigenvalue weighted by molar-refractivity contribution is 0.845. The molecule has 0 radical (unpaired) electrons. The number of thioether (sulfide) groups is 1. The van der Waals surface area contributed by atoms with Crippen molar-refractivity contribution >= 4 is 29.4 Å². The molecule has 0 aliphatic carbocycles. The average molecular weight is 329 g/mol. The zero-order valence-corrected chi connectivity index (χ0v) is 14.4. The Labute approximate surface area is 139 Å². The maximum absolute atomic E-state index is 4.60. The number of rotatable bonds is 5. The third kappa shape index (κ3) is 3.21. The first-order chi connectivity index (χ1) is 11.1. The van der Waals surface area contributed by atoms with Crippen LogP contribution in [0.5, 0.6) is 0 Å². The summed E-state index contributed by atoms with van der Waals surface area (Å²) in [6.45, 7) is 0. The molecule has 0 bridgehead atoms. The minimum Gasteiger partial charge on any atom is -0.348 e. The van der Waals surface area contributed by atoms with Gasteiger partial charge in [0.15, 0.2) is 5.16 Å². The number of hydrogen-bond acceptors (Lipinski definition) is 7. The van der Waals surface area contributed by atoms with Gasteiger partial charge in [0.25, 0.3) is 5.78 Å². The Morgan fingerprint density at radius 2 is 1.70 bits per heavy atom. The van der Waals surface area contributed by atoms with Gasteiger partial charge in [-0.05, 0) is 5.56 Å². The van der Waals surface area contributed by atoms with Gasteiger partial charge in [0, 0.05) is 33.9 Å². The Morgan fingerprint density at radius 1 is 0.957 bits per heavy atom. The topological polar surface area (TPSA) is 62.5 Å². The van der Waals surface area contributed by atoms with Gasteiger partial charge in [-0.1, -0.05) is 42.1 Å². The number of hydrogen-bond donors (Lipinski definition) is 0. The van der Waals surface area contributed by atoms with Crippen LogP contribution in [0.1, 0.15) is 5.56 Å². The van der Waals surface area contributed by atoms with Gasteiger partial charge < -0.3 is 9.80 Å². The van der Waals surface area contributed by atoms with E-state index in [1.807, 2.05) is 60.6 Å². The SMILES string of the molecule is CN(C)c1nc(N(C)C)n2c(SCc3ccccc3)nnc2n1. The summed E-state index contributed by atoms with van der Waals surface area (Å²) < 4.78 is 1.89. The maximum atomic E-state index is 4.60. The smallest absolute Gasteiger partial charge is 0.261 e. The molecule has 7 nitrogen and oxygen atoms in total. The van der Waals surface area contributed by atoms with Crippen LogP contribution in [0.25, 0.3) is 5.78 Å². The van der Waals surface area contributed by atoms with Crippen molar-refractivity contribution in [3.63, 3.8) is 0 Å². The number of nitrogens with zero attached hydrogens (tertiary/aromatic N) is 7. The monoisotopic (exact) mass is 329 g/mol. The van der Waals surface area contributed by atoms with Crippen LogP contribution < -0.4 is 9.80 Å². The van der Waals surface area contributed by atoms with E-state index < -0.39 is 0 Å². The van der Waals surface area contributed by atoms with Crippen LogP contribution in [0.4, 0.5) is 11.9 Å². The molecular formula is C15H19N7S. The van der Waals surface area contributed by atoms with Gasteiger partial charge in [-0.25, -0.2) is 4.40 Å². The van der Waals surface area contributed by atoms with E-state index in [0.29, 0.717) is 11.7 Å². The zero-order valence-electron chi connectivity index (χ0n) is 13.6. The van der Waals surface area contributed by atoms with E-state index in [9.17, 15) is 0 Å². The van der Waals surface area contributed by atoms with E-state index in [4.69, 9.17) is 0 Å². The van der Waals surface area contributed by atoms with Crippen LogP contribution in [0.3, 0.4) is 0 Å². The van der Waals surface area contributed by atoms with Crippen LogP contribution >= 0.6 is 11.8 Å². The van der Waals surface area contributed by atoms with E-state index in [-0.39, 0.29) is 0 Å². The van der Waals surface area contributed by atoms with E-state index in [0.717, 1.165) is 16.9 Å². The zero-order chi connectivity index (χ0) is 16.4. The van der Waals surface area contributed by atoms with Crippen molar-refractivity contribution in [2.45, 2.75) is 10.9 Å². The molecule has 0 fully saturated rings. The Morgan fingerprint density at radius 3 is 2.35 bits per heavy atom. The summed E-state index contributed by atoms with van der Waals surface area (Å²) in [5, 5.41) is 9.28. The van der Waals surface area contributed by atoms with Gasteiger partial charge in [-0.3, -0.25) is 0 Å². The summed E-state index contributed by atoms with van der Waals surface area (Å²) in [5.41, 5.74) is 1.24. The van der Waals surface area contributed by atoms with E-state index in [2.05, 4.69) is 32.3 Å². The fourth-order valence-electron chi connectivity index (χ4n) is 2.08. The first kappa shape index (κ1) is 15.5. The predicted molar refractivity (Wildman–Crippen MR) is 93.2 cm³/mol. The largest absolute Gasteiger partial charge is 0.348 e. The van der Waals surface area contributed by atoms with Gasteiger partial charge in [0.05, 0.1) is 0 Å². The van der Waals surface area contributed by atoms with Gasteiger partial charge in [-0.2, -0.15) is 9.97 Å². The molecule has 1 aromatic carbocycles. The van der Waals surface area contributed by atoms with Crippen LogP contribution in [-0.4, -0.2) is 52.8 Å². The first-order valence-corrected chi connectivity index (χ1v) is 8.19. The van der Waals surface area contributed by atoms with Gasteiger partial charge in [0.2, 0.25) is 11.9 Å². The molecule has 3 rings (SSSR count). The second kappa shape index (κ2) is 6.41. The van der Waals surface area contributed by atoms with Crippen LogP contribution in [0, 0.1) is 0 Å². The first-order valence-electron chi connectivity index (χ1n) is 7.21. The normalized spacial score (nSPS) is 11.0. The second-order valence-corrected chi connectivity index (χ2v) is 6.45. The summed E-state index contributed by atoms with van der Waals surface area (Å²) in [7, 11) is 7.72. The van der Waals surface area contributed by atoms with Crippen LogP contribution in [0.15, 0.2) is 35.5 Å². The summed E-state index contributed by atoms with van der Waals surface area (Å²) >= 11 is 1.62. The molecule has 0 aliphatic rings. The summed E-state index contributed by atoms with van der Waals surface area (Å²) in [6.07, 6.45) is 0. The third-order valence-corrected chi connectivity index (χ3v) is 4.23. The summed E-state index contributed by atoms with van der Waals surface area (Å²) in [6, 6.07) is 10.3. The minimum absolute atomic E-state index is 0.558. The van der Waals surface area contributed by atoms with Crippen molar-refractivity contribution < 1.29 is 0 Å². The van der Waals surface area contributed by atoms with E-state index in [1.165, 1.54) is 5.56 Å². The number of benzene rings is 1. The molecular weight excluding hydrogens is 310 g/mol. The van der Waals surface area contributed by atoms with Gasteiger partial charge in [0.1, 0.15) is 0 Å². The van der Waals surface area contributed by atoms with Crippen LogP contribution in [-0.2, 0) is 5.75 Å². The molecule has 0 aliphatic heterocycles. The molecule has 0 unspecified atom stereocenters. The lowest BCUT2D eigenvalue weighted by Crippen LogP contribution is -2.20. The van der Waals surface area contributed by atoms with E-state index in [1.54, 1.807) is 11.8 Å². The summed E-state index contributed by atoms with van der Waals surface area (Å²) in [5.74, 6) is 2.76. The lowest BCUT2D eigenvalue weighted by Gasteiger charge is -2.17. The molecule has 23 heavy (non-hydrogen) atoms. The fraction of sp³-hybridized carbons (Fsp3) is 0.333. The van der Waals surface area contributed by atoms with Crippen molar-refractivity contribution in [2.75, 3.05) is 38.0 Å². The average Bonchev–Trinajstić information content (AvgIpc) is 2.96. The molecule has 0 N–H and O–H groups in total. The predicted octanol–water partition coefficient (Wildman–Crippen LogP) is 1.94. The van der Waals surface area contributed by atoms with Crippen molar-refractivity contribution in [3.8, 4) is 0 Å². The highest BCUT2D eigenvalue weighted by molar-refractivity contribution is 7.98. The molecule has 2 aromatic heterocycles. The highest BCUT2D eigenvalue weighted by Gasteiger charge is 2.17. The molecule has 0 spiro atoms. The molecule has 0 saturated heterocycles. The number of fused-ring (bicyclic) bond motifs is 1. The third-order valence-electron chi connectivity index (χ3n) is 3.23. The number of anilines is 2.